The molecular weight excluding hydrogens is 502 g/mol. The van der Waals surface area contributed by atoms with Crippen LogP contribution in [-0.2, 0) is 10.2 Å². The summed E-state index contributed by atoms with van der Waals surface area (Å²) in [7, 11) is 0. The van der Waals surface area contributed by atoms with Crippen molar-refractivity contribution in [3.63, 3.8) is 0 Å². The van der Waals surface area contributed by atoms with E-state index in [0.29, 0.717) is 16.7 Å². The van der Waals surface area contributed by atoms with Gasteiger partial charge in [-0.3, -0.25) is 0 Å². The monoisotopic (exact) mass is 520 g/mol. The predicted octanol–water partition coefficient (Wildman–Crippen LogP) is 7.96. The summed E-state index contributed by atoms with van der Waals surface area (Å²) in [5, 5.41) is 0. The summed E-state index contributed by atoms with van der Waals surface area (Å²) in [5.74, 6) is -0.766. The lowest BCUT2D eigenvalue weighted by atomic mass is 9.71. The van der Waals surface area contributed by atoms with Crippen LogP contribution in [0.25, 0.3) is 0 Å². The maximum absolute atomic E-state index is 13.2. The summed E-state index contributed by atoms with van der Waals surface area (Å²) < 4.78 is 89.9. The molecule has 0 aliphatic heterocycles. The molecule has 0 amide bonds. The molecular formula is C27H18F6O4. The van der Waals surface area contributed by atoms with Crippen molar-refractivity contribution in [1.82, 2.24) is 0 Å². The number of rotatable bonds is 9. The van der Waals surface area contributed by atoms with Crippen LogP contribution in [0.5, 0.6) is 17.2 Å². The maximum Gasteiger partial charge on any atom is 0.344 e. The van der Waals surface area contributed by atoms with Gasteiger partial charge in [0.25, 0.3) is 0 Å². The molecule has 4 nitrogen and oxygen atoms in total. The fraction of sp³-hybridized carbons (Fsp3) is 0.0741. The van der Waals surface area contributed by atoms with Crippen molar-refractivity contribution in [3.8, 4) is 17.2 Å². The first-order valence-electron chi connectivity index (χ1n) is 10.5. The highest BCUT2D eigenvalue weighted by atomic mass is 19.3. The minimum atomic E-state index is -2.60. The molecule has 0 N–H and O–H groups in total. The van der Waals surface area contributed by atoms with Crippen LogP contribution in [0.1, 0.15) is 23.6 Å². The molecule has 0 saturated carbocycles. The van der Waals surface area contributed by atoms with E-state index in [2.05, 4.69) is 16.1 Å². The Hall–Kier alpha value is -4.47. The number of halogens is 6. The smallest absolute Gasteiger partial charge is 0.344 e. The van der Waals surface area contributed by atoms with Gasteiger partial charge in [-0.1, -0.05) is 43.0 Å². The van der Waals surface area contributed by atoms with Crippen molar-refractivity contribution in [3.05, 3.63) is 126 Å². The molecule has 10 heteroatoms. The number of esters is 1. The lowest BCUT2D eigenvalue weighted by Gasteiger charge is -2.32. The Morgan fingerprint density at radius 1 is 0.622 bits per heavy atom. The highest BCUT2D eigenvalue weighted by Crippen LogP contribution is 2.41. The number of carbonyl (C=O) groups excluding carboxylic acids is 1. The van der Waals surface area contributed by atoms with Crippen molar-refractivity contribution in [2.45, 2.75) is 12.3 Å². The van der Waals surface area contributed by atoms with E-state index in [-0.39, 0.29) is 17.2 Å². The zero-order valence-corrected chi connectivity index (χ0v) is 19.1. The van der Waals surface area contributed by atoms with Crippen LogP contribution in [-0.4, -0.2) is 5.97 Å². The average molecular weight is 520 g/mol. The minimum absolute atomic E-state index is 0.178. The first-order chi connectivity index (χ1) is 17.5. The molecule has 3 rings (SSSR count). The molecule has 3 aromatic rings. The molecule has 0 aliphatic rings. The Labute approximate surface area is 207 Å². The van der Waals surface area contributed by atoms with Crippen molar-refractivity contribution < 1.29 is 45.3 Å². The topological polar surface area (TPSA) is 44.8 Å². The number of hydrogen-bond donors (Lipinski definition) is 0. The summed E-state index contributed by atoms with van der Waals surface area (Å²) in [6.07, 6.45) is -4.20. The second-order valence-corrected chi connectivity index (χ2v) is 7.60. The SMILES string of the molecule is C=CC(=O)Oc1ccc(C(C)(c2ccc(OC(F)=C(F)F)cc2)c2ccc(OC(F)=C(F)F)cc2)cc1. The molecule has 0 radical (unpaired) electrons. The Morgan fingerprint density at radius 2 is 0.919 bits per heavy atom. The fourth-order valence-electron chi connectivity index (χ4n) is 3.51. The molecule has 0 aromatic heterocycles. The van der Waals surface area contributed by atoms with Gasteiger partial charge >= 0.3 is 30.2 Å². The Kier molecular flexibility index (Phi) is 8.44. The predicted molar refractivity (Wildman–Crippen MR) is 123 cm³/mol. The zero-order valence-electron chi connectivity index (χ0n) is 19.1. The average Bonchev–Trinajstić information content (AvgIpc) is 2.89. The van der Waals surface area contributed by atoms with E-state index in [0.717, 1.165) is 6.08 Å². The summed E-state index contributed by atoms with van der Waals surface area (Å²) >= 11 is 0. The third kappa shape index (κ3) is 6.40. The van der Waals surface area contributed by atoms with Gasteiger partial charge in [0.05, 0.1) is 0 Å². The zero-order chi connectivity index (χ0) is 27.2. The summed E-state index contributed by atoms with van der Waals surface area (Å²) in [4.78, 5) is 11.5. The van der Waals surface area contributed by atoms with Gasteiger partial charge in [-0.2, -0.15) is 26.3 Å². The van der Waals surface area contributed by atoms with Gasteiger partial charge in [0, 0.05) is 11.5 Å². The van der Waals surface area contributed by atoms with Crippen molar-refractivity contribution in [2.75, 3.05) is 0 Å². The molecule has 3 aromatic carbocycles. The van der Waals surface area contributed by atoms with Crippen molar-refractivity contribution in [1.29, 1.82) is 0 Å². The third-order valence-electron chi connectivity index (χ3n) is 5.39. The molecule has 0 aliphatic carbocycles. The summed E-state index contributed by atoms with van der Waals surface area (Å²) in [5.41, 5.74) is 0.873. The Bertz CT molecular complexity index is 1250. The van der Waals surface area contributed by atoms with Crippen LogP contribution >= 0.6 is 0 Å². The first-order valence-corrected chi connectivity index (χ1v) is 10.5. The number of carbonyl (C=O) groups is 1. The van der Waals surface area contributed by atoms with Gasteiger partial charge < -0.3 is 14.2 Å². The van der Waals surface area contributed by atoms with E-state index in [9.17, 15) is 31.1 Å². The summed E-state index contributed by atoms with van der Waals surface area (Å²) in [6, 6.07) is 13.6. The third-order valence-corrected chi connectivity index (χ3v) is 5.39. The lowest BCUT2D eigenvalue weighted by Crippen LogP contribution is -2.25. The number of hydrogen-bond acceptors (Lipinski definition) is 4. The molecule has 0 heterocycles. The van der Waals surface area contributed by atoms with Gasteiger partial charge in [-0.05, 0) is 60.0 Å². The molecule has 192 valence electrons. The Balaban J connectivity index is 2.05. The van der Waals surface area contributed by atoms with Gasteiger partial charge in [-0.25, -0.2) is 4.79 Å². The van der Waals surface area contributed by atoms with E-state index in [1.54, 1.807) is 31.2 Å². The first kappa shape index (κ1) is 27.1. The van der Waals surface area contributed by atoms with E-state index in [4.69, 9.17) is 4.74 Å². The van der Waals surface area contributed by atoms with Gasteiger partial charge in [-0.15, -0.1) is 0 Å². The lowest BCUT2D eigenvalue weighted by molar-refractivity contribution is -0.128. The molecule has 0 atom stereocenters. The van der Waals surface area contributed by atoms with Crippen molar-refractivity contribution >= 4 is 5.97 Å². The van der Waals surface area contributed by atoms with Gasteiger partial charge in [0.2, 0.25) is 0 Å². The molecule has 0 saturated heterocycles. The molecule has 0 fully saturated rings. The van der Waals surface area contributed by atoms with Crippen LogP contribution in [0.2, 0.25) is 0 Å². The second-order valence-electron chi connectivity index (χ2n) is 7.60. The second kappa shape index (κ2) is 11.5. The van der Waals surface area contributed by atoms with E-state index < -0.39 is 35.6 Å². The van der Waals surface area contributed by atoms with Crippen LogP contribution < -0.4 is 14.2 Å². The van der Waals surface area contributed by atoms with Gasteiger partial charge in [0.15, 0.2) is 0 Å². The highest BCUT2D eigenvalue weighted by Gasteiger charge is 2.31. The quantitative estimate of drug-likeness (QED) is 0.0717. The van der Waals surface area contributed by atoms with E-state index >= 15 is 0 Å². The van der Waals surface area contributed by atoms with Crippen LogP contribution in [0.4, 0.5) is 26.3 Å². The molecule has 0 spiro atoms. The van der Waals surface area contributed by atoms with E-state index in [1.807, 2.05) is 0 Å². The molecule has 0 unspecified atom stereocenters. The van der Waals surface area contributed by atoms with Crippen LogP contribution in [0, 0.1) is 0 Å². The van der Waals surface area contributed by atoms with Gasteiger partial charge in [0.1, 0.15) is 17.2 Å². The summed E-state index contributed by atoms with van der Waals surface area (Å²) in [6.45, 7) is 5.13. The number of benzene rings is 3. The van der Waals surface area contributed by atoms with E-state index in [1.165, 1.54) is 48.5 Å². The van der Waals surface area contributed by atoms with Crippen LogP contribution in [0.15, 0.2) is 110 Å². The fourth-order valence-corrected chi connectivity index (χ4v) is 3.51. The minimum Gasteiger partial charge on any atom is -0.428 e. The van der Waals surface area contributed by atoms with Crippen molar-refractivity contribution in [2.24, 2.45) is 0 Å². The molecule has 37 heavy (non-hydrogen) atoms. The normalized spacial score (nSPS) is 10.8. The number of ether oxygens (including phenoxy) is 3. The maximum atomic E-state index is 13.2. The molecule has 0 bridgehead atoms. The Morgan fingerprint density at radius 3 is 1.19 bits per heavy atom. The standard InChI is InChI=1S/C27H18F6O4/c1-3-22(34)35-19-10-4-16(5-11-19)27(2,17-6-12-20(13-7-17)36-25(32)23(28)29)18-8-14-21(15-9-18)37-26(33)24(30)31/h3-15H,1H2,2H3. The van der Waals surface area contributed by atoms with Crippen LogP contribution in [0.3, 0.4) is 0 Å². The largest absolute Gasteiger partial charge is 0.428 e. The highest BCUT2D eigenvalue weighted by molar-refractivity contribution is 5.83.